The number of amides is 2. The van der Waals surface area contributed by atoms with Crippen LogP contribution in [0.3, 0.4) is 0 Å². The minimum absolute atomic E-state index is 0.0350. The van der Waals surface area contributed by atoms with Gasteiger partial charge in [0.25, 0.3) is 0 Å². The third kappa shape index (κ3) is 6.03. The summed E-state index contributed by atoms with van der Waals surface area (Å²) in [7, 11) is 0. The molecule has 29 heavy (non-hydrogen) atoms. The monoisotopic (exact) mass is 400 g/mol. The third-order valence-electron chi connectivity index (χ3n) is 6.30. The summed E-state index contributed by atoms with van der Waals surface area (Å²) < 4.78 is 0. The SMILES string of the molecule is Cc1ccc(C)c(NC(=O)[C@@H](C)N2CCN(CC(=O)N3CCCCCC3)CC2)c1. The smallest absolute Gasteiger partial charge is 0.241 e. The molecule has 2 amide bonds. The number of carbonyl (C=O) groups excluding carboxylic acids is 2. The molecule has 0 saturated carbocycles. The number of hydrogen-bond acceptors (Lipinski definition) is 4. The van der Waals surface area contributed by atoms with E-state index in [9.17, 15) is 9.59 Å². The fourth-order valence-electron chi connectivity index (χ4n) is 4.19. The highest BCUT2D eigenvalue weighted by atomic mass is 16.2. The van der Waals surface area contributed by atoms with Gasteiger partial charge in [-0.1, -0.05) is 25.0 Å². The standard InChI is InChI=1S/C23H36N4O2/c1-18-8-9-19(2)21(16-18)24-23(29)20(3)26-14-12-25(13-15-26)17-22(28)27-10-6-4-5-7-11-27/h8-9,16,20H,4-7,10-15,17H2,1-3H3,(H,24,29)/t20-/m1/s1. The molecule has 0 aromatic heterocycles. The van der Waals surface area contributed by atoms with Crippen molar-refractivity contribution < 1.29 is 9.59 Å². The van der Waals surface area contributed by atoms with Crippen LogP contribution in [0.15, 0.2) is 18.2 Å². The molecule has 0 spiro atoms. The van der Waals surface area contributed by atoms with Gasteiger partial charge in [0.2, 0.25) is 11.8 Å². The first-order valence-corrected chi connectivity index (χ1v) is 11.1. The average Bonchev–Trinajstić information content (AvgIpc) is 3.00. The zero-order valence-electron chi connectivity index (χ0n) is 18.2. The predicted molar refractivity (Wildman–Crippen MR) is 117 cm³/mol. The van der Waals surface area contributed by atoms with Crippen LogP contribution in [0.25, 0.3) is 0 Å². The van der Waals surface area contributed by atoms with Crippen LogP contribution in [-0.2, 0) is 9.59 Å². The van der Waals surface area contributed by atoms with E-state index in [2.05, 4.69) is 21.2 Å². The molecule has 0 unspecified atom stereocenters. The number of carbonyl (C=O) groups is 2. The molecular formula is C23H36N4O2. The van der Waals surface area contributed by atoms with E-state index in [1.165, 1.54) is 12.8 Å². The highest BCUT2D eigenvalue weighted by molar-refractivity contribution is 5.95. The van der Waals surface area contributed by atoms with Crippen molar-refractivity contribution in [2.45, 2.75) is 52.5 Å². The van der Waals surface area contributed by atoms with Crippen LogP contribution in [0.5, 0.6) is 0 Å². The van der Waals surface area contributed by atoms with Crippen molar-refractivity contribution in [3.05, 3.63) is 29.3 Å². The Bertz CT molecular complexity index is 705. The van der Waals surface area contributed by atoms with Crippen LogP contribution in [0, 0.1) is 13.8 Å². The maximum absolute atomic E-state index is 12.7. The van der Waals surface area contributed by atoms with Crippen LogP contribution in [0.4, 0.5) is 5.69 Å². The van der Waals surface area contributed by atoms with Gasteiger partial charge in [-0.25, -0.2) is 0 Å². The van der Waals surface area contributed by atoms with Gasteiger partial charge in [0.1, 0.15) is 0 Å². The minimum atomic E-state index is -0.182. The summed E-state index contributed by atoms with van der Waals surface area (Å²) in [5, 5.41) is 3.09. The van der Waals surface area contributed by atoms with E-state index in [0.29, 0.717) is 6.54 Å². The molecule has 1 atom stereocenters. The van der Waals surface area contributed by atoms with E-state index < -0.39 is 0 Å². The van der Waals surface area contributed by atoms with Gasteiger partial charge in [-0.05, 0) is 50.8 Å². The number of nitrogens with zero attached hydrogens (tertiary/aromatic N) is 3. The lowest BCUT2D eigenvalue weighted by Crippen LogP contribution is -2.54. The first-order valence-electron chi connectivity index (χ1n) is 11.1. The lowest BCUT2D eigenvalue weighted by Gasteiger charge is -2.37. The van der Waals surface area contributed by atoms with E-state index in [-0.39, 0.29) is 17.9 Å². The van der Waals surface area contributed by atoms with Gasteiger partial charge in [-0.2, -0.15) is 0 Å². The molecule has 0 bridgehead atoms. The zero-order valence-corrected chi connectivity index (χ0v) is 18.2. The topological polar surface area (TPSA) is 55.9 Å². The third-order valence-corrected chi connectivity index (χ3v) is 6.30. The van der Waals surface area contributed by atoms with Crippen molar-refractivity contribution in [1.82, 2.24) is 14.7 Å². The Kier molecular flexibility index (Phi) is 7.67. The van der Waals surface area contributed by atoms with Gasteiger partial charge in [0.15, 0.2) is 0 Å². The van der Waals surface area contributed by atoms with E-state index in [1.54, 1.807) is 0 Å². The second-order valence-corrected chi connectivity index (χ2v) is 8.59. The largest absolute Gasteiger partial charge is 0.342 e. The molecule has 2 heterocycles. The Balaban J connectivity index is 1.46. The fraction of sp³-hybridized carbons (Fsp3) is 0.652. The van der Waals surface area contributed by atoms with Crippen LogP contribution in [-0.4, -0.2) is 78.4 Å². The zero-order chi connectivity index (χ0) is 20.8. The summed E-state index contributed by atoms with van der Waals surface area (Å²) in [6, 6.07) is 5.93. The molecule has 1 aromatic rings. The van der Waals surface area contributed by atoms with Crippen molar-refractivity contribution in [2.24, 2.45) is 0 Å². The van der Waals surface area contributed by atoms with Crippen LogP contribution >= 0.6 is 0 Å². The van der Waals surface area contributed by atoms with Crippen molar-refractivity contribution in [1.29, 1.82) is 0 Å². The molecule has 160 valence electrons. The number of likely N-dealkylation sites (tertiary alicyclic amines) is 1. The minimum Gasteiger partial charge on any atom is -0.342 e. The van der Waals surface area contributed by atoms with Crippen LogP contribution < -0.4 is 5.32 Å². The number of nitrogens with one attached hydrogen (secondary N) is 1. The Hall–Kier alpha value is -1.92. The molecule has 6 heteroatoms. The van der Waals surface area contributed by atoms with E-state index in [0.717, 1.165) is 68.9 Å². The van der Waals surface area contributed by atoms with Crippen LogP contribution in [0.2, 0.25) is 0 Å². The molecule has 1 aromatic carbocycles. The molecule has 2 aliphatic rings. The summed E-state index contributed by atoms with van der Waals surface area (Å²) in [6.45, 7) is 11.6. The number of rotatable bonds is 5. The number of piperazine rings is 1. The predicted octanol–water partition coefficient (Wildman–Crippen LogP) is 2.65. The quantitative estimate of drug-likeness (QED) is 0.826. The lowest BCUT2D eigenvalue weighted by molar-refractivity contribution is -0.133. The molecule has 2 fully saturated rings. The molecule has 0 radical (unpaired) electrons. The molecular weight excluding hydrogens is 364 g/mol. The van der Waals surface area contributed by atoms with Gasteiger partial charge >= 0.3 is 0 Å². The number of anilines is 1. The maximum Gasteiger partial charge on any atom is 0.241 e. The Morgan fingerprint density at radius 2 is 1.62 bits per heavy atom. The Morgan fingerprint density at radius 3 is 2.28 bits per heavy atom. The number of hydrogen-bond donors (Lipinski definition) is 1. The van der Waals surface area contributed by atoms with Crippen LogP contribution in [0.1, 0.15) is 43.7 Å². The first kappa shape index (κ1) is 21.8. The van der Waals surface area contributed by atoms with E-state index >= 15 is 0 Å². The molecule has 2 aliphatic heterocycles. The van der Waals surface area contributed by atoms with Crippen molar-refractivity contribution in [3.63, 3.8) is 0 Å². The van der Waals surface area contributed by atoms with Gasteiger partial charge in [-0.3, -0.25) is 19.4 Å². The summed E-state index contributed by atoms with van der Waals surface area (Å²) in [4.78, 5) is 31.9. The lowest BCUT2D eigenvalue weighted by atomic mass is 10.1. The molecule has 2 saturated heterocycles. The number of benzene rings is 1. The Labute approximate surface area is 175 Å². The van der Waals surface area contributed by atoms with Gasteiger partial charge in [0.05, 0.1) is 12.6 Å². The summed E-state index contributed by atoms with van der Waals surface area (Å²) in [5.41, 5.74) is 3.11. The number of aryl methyl sites for hydroxylation is 2. The molecule has 3 rings (SSSR count). The molecule has 1 N–H and O–H groups in total. The second kappa shape index (κ2) is 10.2. The normalized spacial score (nSPS) is 20.2. The maximum atomic E-state index is 12.7. The van der Waals surface area contributed by atoms with Gasteiger partial charge in [-0.15, -0.1) is 0 Å². The summed E-state index contributed by atoms with van der Waals surface area (Å²) in [5.74, 6) is 0.300. The van der Waals surface area contributed by atoms with Gasteiger partial charge in [0, 0.05) is 45.0 Å². The Morgan fingerprint density at radius 1 is 0.966 bits per heavy atom. The summed E-state index contributed by atoms with van der Waals surface area (Å²) in [6.07, 6.45) is 4.74. The van der Waals surface area contributed by atoms with Crippen molar-refractivity contribution >= 4 is 17.5 Å². The van der Waals surface area contributed by atoms with Crippen molar-refractivity contribution in [3.8, 4) is 0 Å². The van der Waals surface area contributed by atoms with Crippen molar-refractivity contribution in [2.75, 3.05) is 51.1 Å². The van der Waals surface area contributed by atoms with Gasteiger partial charge < -0.3 is 10.2 Å². The van der Waals surface area contributed by atoms with E-state index in [1.807, 2.05) is 37.8 Å². The highest BCUT2D eigenvalue weighted by Crippen LogP contribution is 2.18. The first-order chi connectivity index (χ1) is 13.9. The highest BCUT2D eigenvalue weighted by Gasteiger charge is 2.27. The molecule has 0 aliphatic carbocycles. The fourth-order valence-corrected chi connectivity index (χ4v) is 4.19. The second-order valence-electron chi connectivity index (χ2n) is 8.59. The molecule has 6 nitrogen and oxygen atoms in total. The van der Waals surface area contributed by atoms with E-state index in [4.69, 9.17) is 0 Å². The average molecular weight is 401 g/mol. The summed E-state index contributed by atoms with van der Waals surface area (Å²) >= 11 is 0.